The molecule has 4 nitrogen and oxygen atoms in total. The molecule has 0 spiro atoms. The molecule has 0 bridgehead atoms. The number of hydrogen-bond donors (Lipinski definition) is 0. The van der Waals surface area contributed by atoms with Crippen molar-refractivity contribution in [3.05, 3.63) is 33.1 Å². The second-order valence-electron chi connectivity index (χ2n) is 3.09. The SMILES string of the molecule is O=[N+]([O-])c1cc(Cl)cnc1C1CC1. The van der Waals surface area contributed by atoms with E-state index in [1.807, 2.05) is 0 Å². The van der Waals surface area contributed by atoms with Gasteiger partial charge < -0.3 is 0 Å². The minimum atomic E-state index is -0.424. The van der Waals surface area contributed by atoms with Gasteiger partial charge in [-0.15, -0.1) is 0 Å². The summed E-state index contributed by atoms with van der Waals surface area (Å²) in [5.74, 6) is 0.276. The van der Waals surface area contributed by atoms with Crippen LogP contribution in [0.3, 0.4) is 0 Å². The van der Waals surface area contributed by atoms with Crippen molar-refractivity contribution in [1.82, 2.24) is 4.98 Å². The zero-order valence-electron chi connectivity index (χ0n) is 6.74. The summed E-state index contributed by atoms with van der Waals surface area (Å²) >= 11 is 5.62. The van der Waals surface area contributed by atoms with Gasteiger partial charge in [-0.1, -0.05) is 11.6 Å². The molecule has 0 radical (unpaired) electrons. The normalized spacial score (nSPS) is 15.8. The van der Waals surface area contributed by atoms with E-state index < -0.39 is 4.92 Å². The summed E-state index contributed by atoms with van der Waals surface area (Å²) in [6.45, 7) is 0. The summed E-state index contributed by atoms with van der Waals surface area (Å²) in [5.41, 5.74) is 0.629. The van der Waals surface area contributed by atoms with Gasteiger partial charge in [-0.3, -0.25) is 15.1 Å². The quantitative estimate of drug-likeness (QED) is 0.542. The summed E-state index contributed by atoms with van der Waals surface area (Å²) in [7, 11) is 0. The fourth-order valence-corrected chi connectivity index (χ4v) is 1.41. The van der Waals surface area contributed by atoms with Gasteiger partial charge in [-0.25, -0.2) is 0 Å². The second-order valence-corrected chi connectivity index (χ2v) is 3.53. The summed E-state index contributed by atoms with van der Waals surface area (Å²) in [4.78, 5) is 14.2. The molecule has 1 fully saturated rings. The predicted molar refractivity (Wildman–Crippen MR) is 47.9 cm³/mol. The van der Waals surface area contributed by atoms with Crippen LogP contribution in [0.25, 0.3) is 0 Å². The molecule has 0 aromatic carbocycles. The third kappa shape index (κ3) is 1.62. The van der Waals surface area contributed by atoms with Gasteiger partial charge in [-0.2, -0.15) is 0 Å². The lowest BCUT2D eigenvalue weighted by Crippen LogP contribution is -1.96. The zero-order chi connectivity index (χ0) is 9.42. The average molecular weight is 199 g/mol. The minimum absolute atomic E-state index is 0.0509. The predicted octanol–water partition coefficient (Wildman–Crippen LogP) is 2.52. The number of hydrogen-bond acceptors (Lipinski definition) is 3. The fourth-order valence-electron chi connectivity index (χ4n) is 1.26. The van der Waals surface area contributed by atoms with Gasteiger partial charge in [0.05, 0.1) is 9.95 Å². The van der Waals surface area contributed by atoms with E-state index in [9.17, 15) is 10.1 Å². The molecule has 0 N–H and O–H groups in total. The lowest BCUT2D eigenvalue weighted by molar-refractivity contribution is -0.385. The highest BCUT2D eigenvalue weighted by Gasteiger charge is 2.32. The number of nitro groups is 1. The lowest BCUT2D eigenvalue weighted by Gasteiger charge is -1.99. The monoisotopic (exact) mass is 198 g/mol. The van der Waals surface area contributed by atoms with E-state index in [1.165, 1.54) is 12.3 Å². The standard InChI is InChI=1S/C8H7ClN2O2/c9-6-3-7(11(12)13)8(10-4-6)5-1-2-5/h3-5H,1-2H2. The van der Waals surface area contributed by atoms with Gasteiger partial charge in [0, 0.05) is 18.2 Å². The Morgan fingerprint density at radius 3 is 2.85 bits per heavy atom. The fraction of sp³-hybridized carbons (Fsp3) is 0.375. The van der Waals surface area contributed by atoms with Crippen molar-refractivity contribution in [2.45, 2.75) is 18.8 Å². The van der Waals surface area contributed by atoms with Crippen molar-refractivity contribution in [2.24, 2.45) is 0 Å². The first kappa shape index (κ1) is 8.44. The van der Waals surface area contributed by atoms with Gasteiger partial charge in [0.2, 0.25) is 0 Å². The first-order valence-corrected chi connectivity index (χ1v) is 4.36. The van der Waals surface area contributed by atoms with Gasteiger partial charge in [0.25, 0.3) is 5.69 Å². The second kappa shape index (κ2) is 2.96. The van der Waals surface area contributed by atoms with Crippen LogP contribution in [-0.4, -0.2) is 9.91 Å². The van der Waals surface area contributed by atoms with Crippen LogP contribution >= 0.6 is 11.6 Å². The Kier molecular flexibility index (Phi) is 1.92. The van der Waals surface area contributed by atoms with Crippen molar-refractivity contribution in [2.75, 3.05) is 0 Å². The molecule has 5 heteroatoms. The topological polar surface area (TPSA) is 56.0 Å². The molecule has 1 saturated carbocycles. The molecule has 0 aliphatic heterocycles. The van der Waals surface area contributed by atoms with Crippen LogP contribution in [0.15, 0.2) is 12.3 Å². The third-order valence-electron chi connectivity index (χ3n) is 2.02. The number of rotatable bonds is 2. The first-order chi connectivity index (χ1) is 6.18. The van der Waals surface area contributed by atoms with Gasteiger partial charge in [0.1, 0.15) is 5.69 Å². The van der Waals surface area contributed by atoms with Crippen molar-refractivity contribution in [3.63, 3.8) is 0 Å². The Bertz CT molecular complexity index is 363. The van der Waals surface area contributed by atoms with Gasteiger partial charge >= 0.3 is 0 Å². The number of nitrogens with zero attached hydrogens (tertiary/aromatic N) is 2. The molecule has 0 amide bonds. The maximum atomic E-state index is 10.6. The molecular weight excluding hydrogens is 192 g/mol. The summed E-state index contributed by atoms with van der Waals surface area (Å²) in [6, 6.07) is 1.36. The van der Waals surface area contributed by atoms with E-state index >= 15 is 0 Å². The third-order valence-corrected chi connectivity index (χ3v) is 2.23. The van der Waals surface area contributed by atoms with Gasteiger partial charge in [-0.05, 0) is 12.8 Å². The molecule has 0 atom stereocenters. The molecule has 1 aliphatic rings. The van der Waals surface area contributed by atoms with Crippen LogP contribution in [0.2, 0.25) is 5.02 Å². The Hall–Kier alpha value is -1.16. The highest BCUT2D eigenvalue weighted by molar-refractivity contribution is 6.30. The van der Waals surface area contributed by atoms with Crippen molar-refractivity contribution in [1.29, 1.82) is 0 Å². The first-order valence-electron chi connectivity index (χ1n) is 3.98. The largest absolute Gasteiger partial charge is 0.292 e. The Morgan fingerprint density at radius 2 is 2.31 bits per heavy atom. The molecule has 1 aromatic rings. The van der Waals surface area contributed by atoms with Crippen molar-refractivity contribution in [3.8, 4) is 0 Å². The Labute approximate surface area is 79.7 Å². The molecule has 1 aliphatic carbocycles. The average Bonchev–Trinajstić information content (AvgIpc) is 2.87. The Balaban J connectivity index is 2.47. The summed E-state index contributed by atoms with van der Waals surface area (Å²) in [5, 5.41) is 10.9. The zero-order valence-corrected chi connectivity index (χ0v) is 7.49. The summed E-state index contributed by atoms with van der Waals surface area (Å²) in [6.07, 6.45) is 3.45. The number of halogens is 1. The molecular formula is C8H7ClN2O2. The van der Waals surface area contributed by atoms with E-state index in [4.69, 9.17) is 11.6 Å². The smallest absolute Gasteiger partial charge is 0.258 e. The van der Waals surface area contributed by atoms with E-state index in [0.717, 1.165) is 12.8 Å². The Morgan fingerprint density at radius 1 is 1.62 bits per heavy atom. The molecule has 1 aromatic heterocycles. The number of pyridine rings is 1. The maximum Gasteiger partial charge on any atom is 0.292 e. The van der Waals surface area contributed by atoms with E-state index in [0.29, 0.717) is 10.7 Å². The van der Waals surface area contributed by atoms with Crippen LogP contribution in [0.5, 0.6) is 0 Å². The van der Waals surface area contributed by atoms with Crippen LogP contribution in [0.4, 0.5) is 5.69 Å². The molecule has 0 saturated heterocycles. The van der Waals surface area contributed by atoms with Gasteiger partial charge in [0.15, 0.2) is 0 Å². The molecule has 2 rings (SSSR count). The minimum Gasteiger partial charge on any atom is -0.258 e. The van der Waals surface area contributed by atoms with Crippen molar-refractivity contribution >= 4 is 17.3 Å². The molecule has 68 valence electrons. The van der Waals surface area contributed by atoms with Crippen molar-refractivity contribution < 1.29 is 4.92 Å². The summed E-state index contributed by atoms with van der Waals surface area (Å²) < 4.78 is 0. The lowest BCUT2D eigenvalue weighted by atomic mass is 10.2. The van der Waals surface area contributed by atoms with E-state index in [2.05, 4.69) is 4.98 Å². The number of aromatic nitrogens is 1. The van der Waals surface area contributed by atoms with E-state index in [-0.39, 0.29) is 11.6 Å². The van der Waals surface area contributed by atoms with Crippen LogP contribution in [-0.2, 0) is 0 Å². The highest BCUT2D eigenvalue weighted by Crippen LogP contribution is 2.43. The maximum absolute atomic E-state index is 10.6. The van der Waals surface area contributed by atoms with E-state index in [1.54, 1.807) is 0 Å². The molecule has 0 unspecified atom stereocenters. The van der Waals surface area contributed by atoms with Crippen LogP contribution < -0.4 is 0 Å². The van der Waals surface area contributed by atoms with Crippen LogP contribution in [0, 0.1) is 10.1 Å². The van der Waals surface area contributed by atoms with Crippen LogP contribution in [0.1, 0.15) is 24.5 Å². The molecule has 13 heavy (non-hydrogen) atoms. The highest BCUT2D eigenvalue weighted by atomic mass is 35.5. The molecule has 1 heterocycles.